The van der Waals surface area contributed by atoms with E-state index in [4.69, 9.17) is 5.73 Å². The molecule has 1 unspecified atom stereocenters. The second-order valence-electron chi connectivity index (χ2n) is 6.69. The zero-order chi connectivity index (χ0) is 15.8. The number of halogens is 3. The molecule has 0 aromatic carbocycles. The lowest BCUT2D eigenvalue weighted by Gasteiger charge is -2.37. The summed E-state index contributed by atoms with van der Waals surface area (Å²) in [6, 6.07) is 0.174. The third-order valence-electron chi connectivity index (χ3n) is 5.80. The van der Waals surface area contributed by atoms with Gasteiger partial charge >= 0.3 is 6.18 Å². The van der Waals surface area contributed by atoms with E-state index in [0.717, 1.165) is 19.3 Å². The van der Waals surface area contributed by atoms with Crippen LogP contribution in [0.2, 0.25) is 0 Å². The van der Waals surface area contributed by atoms with E-state index < -0.39 is 11.6 Å². The minimum absolute atomic E-state index is 0.0198. The molecule has 0 aromatic heterocycles. The third kappa shape index (κ3) is 2.91. The van der Waals surface area contributed by atoms with Crippen molar-refractivity contribution in [2.45, 2.75) is 58.2 Å². The summed E-state index contributed by atoms with van der Waals surface area (Å²) in [7, 11) is 0. The number of nitrogens with one attached hydrogen (secondary N) is 1. The van der Waals surface area contributed by atoms with Gasteiger partial charge in [-0.1, -0.05) is 13.8 Å². The summed E-state index contributed by atoms with van der Waals surface area (Å²) in [5, 5.41) is 2.56. The van der Waals surface area contributed by atoms with Gasteiger partial charge in [0.25, 0.3) is 0 Å². The fourth-order valence-corrected chi connectivity index (χ4v) is 3.90. The van der Waals surface area contributed by atoms with Gasteiger partial charge in [-0.15, -0.1) is 0 Å². The second-order valence-corrected chi connectivity index (χ2v) is 6.69. The summed E-state index contributed by atoms with van der Waals surface area (Å²) in [4.78, 5) is 12.2. The third-order valence-corrected chi connectivity index (χ3v) is 5.80. The molecule has 3 nitrogen and oxygen atoms in total. The molecule has 2 aliphatic carbocycles. The molecule has 2 rings (SSSR count). The van der Waals surface area contributed by atoms with Crippen molar-refractivity contribution >= 4 is 5.91 Å². The van der Waals surface area contributed by atoms with E-state index in [1.54, 1.807) is 0 Å². The molecule has 2 aliphatic rings. The van der Waals surface area contributed by atoms with Gasteiger partial charge in [-0.2, -0.15) is 13.2 Å². The number of fused-ring (bicyclic) bond motifs is 1. The summed E-state index contributed by atoms with van der Waals surface area (Å²) in [6.07, 6.45) is -1.87. The first-order valence-electron chi connectivity index (χ1n) is 7.84. The molecule has 2 fully saturated rings. The zero-order valence-corrected chi connectivity index (χ0v) is 12.7. The molecule has 0 aromatic rings. The monoisotopic (exact) mass is 306 g/mol. The molecule has 0 aliphatic heterocycles. The van der Waals surface area contributed by atoms with Crippen LogP contribution in [0.4, 0.5) is 13.2 Å². The average Bonchev–Trinajstić information content (AvgIpc) is 2.76. The van der Waals surface area contributed by atoms with Crippen molar-refractivity contribution in [3.63, 3.8) is 0 Å². The Balaban J connectivity index is 1.91. The first-order chi connectivity index (χ1) is 9.74. The molecule has 0 radical (unpaired) electrons. The van der Waals surface area contributed by atoms with Gasteiger partial charge in [0.05, 0.1) is 5.41 Å². The maximum Gasteiger partial charge on any atom is 0.396 e. The van der Waals surface area contributed by atoms with Crippen LogP contribution in [-0.2, 0) is 4.79 Å². The van der Waals surface area contributed by atoms with E-state index in [1.807, 2.05) is 0 Å². The number of carbonyl (C=O) groups is 1. The number of alkyl halides is 3. The Hall–Kier alpha value is -0.780. The quantitative estimate of drug-likeness (QED) is 0.820. The highest BCUT2D eigenvalue weighted by Gasteiger charge is 2.53. The highest BCUT2D eigenvalue weighted by Crippen LogP contribution is 2.49. The normalized spacial score (nSPS) is 32.5. The Labute approximate surface area is 123 Å². The largest absolute Gasteiger partial charge is 0.396 e. The number of nitrogens with two attached hydrogens (primary N) is 1. The molecule has 4 atom stereocenters. The van der Waals surface area contributed by atoms with Crippen molar-refractivity contribution in [1.82, 2.24) is 5.32 Å². The van der Waals surface area contributed by atoms with E-state index in [9.17, 15) is 18.0 Å². The van der Waals surface area contributed by atoms with Crippen molar-refractivity contribution in [2.24, 2.45) is 28.9 Å². The van der Waals surface area contributed by atoms with Gasteiger partial charge in [0.15, 0.2) is 0 Å². The van der Waals surface area contributed by atoms with Crippen molar-refractivity contribution in [2.75, 3.05) is 6.54 Å². The van der Waals surface area contributed by atoms with Gasteiger partial charge < -0.3 is 11.1 Å². The van der Waals surface area contributed by atoms with Crippen LogP contribution in [0.15, 0.2) is 0 Å². The van der Waals surface area contributed by atoms with Crippen LogP contribution in [0.5, 0.6) is 0 Å². The highest BCUT2D eigenvalue weighted by atomic mass is 19.4. The summed E-state index contributed by atoms with van der Waals surface area (Å²) in [6.45, 7) is 2.73. The van der Waals surface area contributed by atoms with Crippen LogP contribution in [0, 0.1) is 23.2 Å². The van der Waals surface area contributed by atoms with E-state index in [2.05, 4.69) is 5.32 Å². The highest BCUT2D eigenvalue weighted by molar-refractivity contribution is 5.79. The van der Waals surface area contributed by atoms with Gasteiger partial charge in [-0.25, -0.2) is 0 Å². The van der Waals surface area contributed by atoms with Crippen LogP contribution < -0.4 is 11.1 Å². The Morgan fingerprint density at radius 1 is 1.19 bits per heavy atom. The lowest BCUT2D eigenvalue weighted by atomic mass is 9.72. The molecule has 3 N–H and O–H groups in total. The molecule has 21 heavy (non-hydrogen) atoms. The van der Waals surface area contributed by atoms with Crippen LogP contribution in [0.3, 0.4) is 0 Å². The fourth-order valence-electron chi connectivity index (χ4n) is 3.90. The van der Waals surface area contributed by atoms with Crippen LogP contribution in [0.1, 0.15) is 46.0 Å². The van der Waals surface area contributed by atoms with Crippen LogP contribution in [0.25, 0.3) is 0 Å². The molecule has 122 valence electrons. The zero-order valence-electron chi connectivity index (χ0n) is 12.7. The number of hydrogen-bond acceptors (Lipinski definition) is 2. The minimum atomic E-state index is -4.29. The second kappa shape index (κ2) is 5.78. The van der Waals surface area contributed by atoms with Gasteiger partial charge in [0.1, 0.15) is 0 Å². The predicted molar refractivity (Wildman–Crippen MR) is 74.4 cm³/mol. The molecule has 0 spiro atoms. The molecule has 1 amide bonds. The summed E-state index contributed by atoms with van der Waals surface area (Å²) in [5.41, 5.74) is 4.08. The maximum absolute atomic E-state index is 13.2. The maximum atomic E-state index is 13.2. The van der Waals surface area contributed by atoms with Gasteiger partial charge in [0, 0.05) is 18.5 Å². The average molecular weight is 306 g/mol. The Morgan fingerprint density at radius 2 is 1.81 bits per heavy atom. The molecule has 0 heterocycles. The van der Waals surface area contributed by atoms with Crippen LogP contribution >= 0.6 is 0 Å². The molecular weight excluding hydrogens is 281 g/mol. The topological polar surface area (TPSA) is 55.1 Å². The van der Waals surface area contributed by atoms with Crippen molar-refractivity contribution < 1.29 is 18.0 Å². The van der Waals surface area contributed by atoms with E-state index >= 15 is 0 Å². The van der Waals surface area contributed by atoms with Crippen molar-refractivity contribution in [3.05, 3.63) is 0 Å². The minimum Gasteiger partial charge on any atom is -0.355 e. The number of hydrogen-bond donors (Lipinski definition) is 2. The predicted octanol–water partition coefficient (Wildman–Crippen LogP) is 2.84. The fraction of sp³-hybridized carbons (Fsp3) is 0.933. The molecule has 6 heteroatoms. The molecule has 0 saturated heterocycles. The van der Waals surface area contributed by atoms with Crippen LogP contribution in [-0.4, -0.2) is 24.7 Å². The Morgan fingerprint density at radius 3 is 2.24 bits per heavy atom. The number of carbonyl (C=O) groups excluding carboxylic acids is 1. The van der Waals surface area contributed by atoms with Gasteiger partial charge in [-0.3, -0.25) is 4.79 Å². The van der Waals surface area contributed by atoms with E-state index in [0.29, 0.717) is 11.8 Å². The SMILES string of the molecule is CCC(CC)(CNC(=O)C1C[C@H]2C[C@@H](N)[C@H]2C1)C(F)(F)F. The molecule has 2 saturated carbocycles. The molecule has 0 bridgehead atoms. The standard InChI is InChI=1S/C15H25F3N2O/c1-3-14(4-2,15(16,17)18)8-20-13(21)10-5-9-7-12(19)11(9)6-10/h9-12H,3-8,19H2,1-2H3,(H,20,21)/t9-,10?,11-,12+/m0/s1. The van der Waals surface area contributed by atoms with E-state index in [-0.39, 0.29) is 37.3 Å². The van der Waals surface area contributed by atoms with Crippen molar-refractivity contribution in [1.29, 1.82) is 0 Å². The summed E-state index contributed by atoms with van der Waals surface area (Å²) in [5.74, 6) is 0.506. The van der Waals surface area contributed by atoms with Gasteiger partial charge in [-0.05, 0) is 43.9 Å². The number of rotatable bonds is 5. The Kier molecular flexibility index (Phi) is 4.57. The lowest BCUT2D eigenvalue weighted by molar-refractivity contribution is -0.225. The van der Waals surface area contributed by atoms with Gasteiger partial charge in [0.2, 0.25) is 5.91 Å². The summed E-state index contributed by atoms with van der Waals surface area (Å²) < 4.78 is 39.7. The van der Waals surface area contributed by atoms with E-state index in [1.165, 1.54) is 13.8 Å². The van der Waals surface area contributed by atoms with Crippen molar-refractivity contribution in [3.8, 4) is 0 Å². The number of amides is 1. The first-order valence-corrected chi connectivity index (χ1v) is 7.84. The lowest BCUT2D eigenvalue weighted by Crippen LogP contribution is -2.47. The first kappa shape index (κ1) is 16.6. The Bertz CT molecular complexity index is 393. The molecular formula is C15H25F3N2O. The smallest absolute Gasteiger partial charge is 0.355 e. The summed E-state index contributed by atoms with van der Waals surface area (Å²) >= 11 is 0.